The zero-order valence-electron chi connectivity index (χ0n) is 21.8. The Hall–Kier alpha value is -4.54. The fourth-order valence-electron chi connectivity index (χ4n) is 3.83. The van der Waals surface area contributed by atoms with E-state index in [1.54, 1.807) is 38.1 Å². The van der Waals surface area contributed by atoms with Gasteiger partial charge in [-0.2, -0.15) is 0 Å². The van der Waals surface area contributed by atoms with Gasteiger partial charge in [0.1, 0.15) is 23.8 Å². The van der Waals surface area contributed by atoms with Crippen molar-refractivity contribution in [2.24, 2.45) is 0 Å². The van der Waals surface area contributed by atoms with Crippen molar-refractivity contribution in [1.82, 2.24) is 10.3 Å². The molecule has 1 amide bonds. The molecule has 1 heterocycles. The summed E-state index contributed by atoms with van der Waals surface area (Å²) in [6.45, 7) is 4.67. The van der Waals surface area contributed by atoms with Crippen molar-refractivity contribution in [1.29, 1.82) is 0 Å². The van der Waals surface area contributed by atoms with Crippen molar-refractivity contribution < 1.29 is 42.1 Å². The van der Waals surface area contributed by atoms with Gasteiger partial charge in [0, 0.05) is 18.2 Å². The topological polar surface area (TPSA) is 113 Å². The number of aromatic nitrogens is 1. The van der Waals surface area contributed by atoms with Gasteiger partial charge in [0.05, 0.1) is 13.7 Å². The number of amides is 1. The quantitative estimate of drug-likeness (QED) is 0.364. The lowest BCUT2D eigenvalue weighted by atomic mass is 9.87. The van der Waals surface area contributed by atoms with Crippen LogP contribution < -0.4 is 14.8 Å². The normalized spacial score (nSPS) is 12.3. The van der Waals surface area contributed by atoms with Crippen molar-refractivity contribution in [3.05, 3.63) is 89.2 Å². The summed E-state index contributed by atoms with van der Waals surface area (Å²) in [5, 5.41) is 2.47. The Morgan fingerprint density at radius 2 is 1.49 bits per heavy atom. The number of carbonyl (C=O) groups is 3. The number of rotatable bonds is 10. The molecule has 11 heteroatoms. The molecule has 0 radical (unpaired) electrons. The molecule has 9 nitrogen and oxygen atoms in total. The maximum absolute atomic E-state index is 13.5. The molecule has 206 valence electrons. The average Bonchev–Trinajstić information content (AvgIpc) is 2.91. The highest BCUT2D eigenvalue weighted by molar-refractivity contribution is 5.98. The highest BCUT2D eigenvalue weighted by atomic mass is 19.1. The maximum Gasteiger partial charge on any atom is 0.514 e. The Bertz CT molecular complexity index is 1250. The molecule has 0 aliphatic carbocycles. The molecule has 3 rings (SSSR count). The molecule has 0 aliphatic rings. The van der Waals surface area contributed by atoms with E-state index in [0.717, 1.165) is 0 Å². The van der Waals surface area contributed by atoms with Gasteiger partial charge in [-0.15, -0.1) is 0 Å². The second-order valence-electron chi connectivity index (χ2n) is 8.39. The number of halogens is 2. The summed E-state index contributed by atoms with van der Waals surface area (Å²) in [6.07, 6.45) is -0.579. The molecule has 39 heavy (non-hydrogen) atoms. The lowest BCUT2D eigenvalue weighted by Crippen LogP contribution is -2.41. The third-order valence-electron chi connectivity index (χ3n) is 5.68. The summed E-state index contributed by atoms with van der Waals surface area (Å²) in [6, 6.07) is 11.6. The van der Waals surface area contributed by atoms with Gasteiger partial charge in [-0.05, 0) is 56.2 Å². The van der Waals surface area contributed by atoms with Crippen molar-refractivity contribution in [3.8, 4) is 11.5 Å². The van der Waals surface area contributed by atoms with Crippen molar-refractivity contribution in [3.63, 3.8) is 0 Å². The number of ether oxygens (including phenoxy) is 4. The van der Waals surface area contributed by atoms with E-state index in [1.165, 1.54) is 50.6 Å². The number of carbonyl (C=O) groups excluding carboxylic acids is 3. The van der Waals surface area contributed by atoms with Crippen LogP contribution in [0.25, 0.3) is 0 Å². The smallest absolute Gasteiger partial charge is 0.493 e. The molecule has 0 aliphatic heterocycles. The zero-order valence-corrected chi connectivity index (χ0v) is 21.8. The Labute approximate surface area is 224 Å². The second-order valence-corrected chi connectivity index (χ2v) is 8.39. The van der Waals surface area contributed by atoms with Crippen LogP contribution in [0.2, 0.25) is 0 Å². The van der Waals surface area contributed by atoms with Gasteiger partial charge in [0.15, 0.2) is 11.4 Å². The number of hydrogen-bond acceptors (Lipinski definition) is 8. The van der Waals surface area contributed by atoms with Crippen LogP contribution >= 0.6 is 0 Å². The highest BCUT2D eigenvalue weighted by Crippen LogP contribution is 2.31. The van der Waals surface area contributed by atoms with Crippen LogP contribution in [-0.4, -0.2) is 48.9 Å². The molecule has 0 unspecified atom stereocenters. The Morgan fingerprint density at radius 3 is 2.00 bits per heavy atom. The van der Waals surface area contributed by atoms with E-state index in [2.05, 4.69) is 10.3 Å². The first kappa shape index (κ1) is 29.0. The first-order valence-corrected chi connectivity index (χ1v) is 12.0. The monoisotopic (exact) mass is 542 g/mol. The number of nitrogens with zero attached hydrogens (tertiary/aromatic N) is 1. The lowest BCUT2D eigenvalue weighted by Gasteiger charge is -2.26. The van der Waals surface area contributed by atoms with Crippen LogP contribution in [0.4, 0.5) is 13.6 Å². The summed E-state index contributed by atoms with van der Waals surface area (Å²) in [7, 11) is 1.31. The van der Waals surface area contributed by atoms with Gasteiger partial charge in [-0.3, -0.25) is 4.79 Å². The fraction of sp³-hybridized carbons (Fsp3) is 0.286. The third-order valence-corrected chi connectivity index (χ3v) is 5.68. The predicted octanol–water partition coefficient (Wildman–Crippen LogP) is 4.79. The maximum atomic E-state index is 13.5. The van der Waals surface area contributed by atoms with Gasteiger partial charge >= 0.3 is 12.1 Å². The molecular formula is C28H28F2N2O7. The first-order valence-electron chi connectivity index (χ1n) is 12.0. The highest BCUT2D eigenvalue weighted by Gasteiger charge is 2.29. The number of hydrogen-bond donors (Lipinski definition) is 1. The van der Waals surface area contributed by atoms with Crippen LogP contribution in [0.1, 0.15) is 48.3 Å². The van der Waals surface area contributed by atoms with Gasteiger partial charge in [-0.25, -0.2) is 23.4 Å². The lowest BCUT2D eigenvalue weighted by molar-refractivity contribution is -0.150. The van der Waals surface area contributed by atoms with Crippen LogP contribution in [0.5, 0.6) is 11.5 Å². The molecule has 3 aromatic rings. The fourth-order valence-corrected chi connectivity index (χ4v) is 3.83. The minimum atomic E-state index is -1.15. The Balaban J connectivity index is 1.77. The first-order chi connectivity index (χ1) is 18.6. The number of benzene rings is 2. The van der Waals surface area contributed by atoms with Crippen molar-refractivity contribution >= 4 is 18.0 Å². The van der Waals surface area contributed by atoms with E-state index in [1.807, 2.05) is 0 Å². The summed E-state index contributed by atoms with van der Waals surface area (Å²) in [4.78, 5) is 41.8. The second kappa shape index (κ2) is 13.3. The van der Waals surface area contributed by atoms with E-state index in [4.69, 9.17) is 18.9 Å². The number of nitrogens with one attached hydrogen (secondary N) is 1. The van der Waals surface area contributed by atoms with Crippen molar-refractivity contribution in [2.75, 3.05) is 13.7 Å². The molecule has 1 aromatic heterocycles. The standard InChI is InChI=1S/C28H28F2N2O7/c1-5-37-28(35)39-25-22(36-4)14-15-31-24(25)26(33)32-16(2)27(34)38-17(3)23(18-6-10-20(29)11-7-18)19-8-12-21(30)13-9-19/h6-17,23H,5H2,1-4H3,(H,32,33)/t16-,17-/m0/s1. The van der Waals surface area contributed by atoms with Crippen molar-refractivity contribution in [2.45, 2.75) is 38.8 Å². The van der Waals surface area contributed by atoms with Gasteiger partial charge in [-0.1, -0.05) is 24.3 Å². The molecule has 0 spiro atoms. The van der Waals surface area contributed by atoms with Crippen LogP contribution in [0, 0.1) is 11.6 Å². The zero-order chi connectivity index (χ0) is 28.5. The molecular weight excluding hydrogens is 514 g/mol. The summed E-state index contributed by atoms with van der Waals surface area (Å²) in [5.74, 6) is -3.27. The largest absolute Gasteiger partial charge is 0.514 e. The Morgan fingerprint density at radius 1 is 0.923 bits per heavy atom. The van der Waals surface area contributed by atoms with E-state index >= 15 is 0 Å². The minimum Gasteiger partial charge on any atom is -0.493 e. The third kappa shape index (κ3) is 7.50. The summed E-state index contributed by atoms with van der Waals surface area (Å²) in [5.41, 5.74) is 0.966. The SMILES string of the molecule is CCOC(=O)Oc1c(OC)ccnc1C(=O)N[C@@H](C)C(=O)O[C@@H](C)C(c1ccc(F)cc1)c1ccc(F)cc1. The molecule has 0 saturated carbocycles. The number of esters is 1. The number of methoxy groups -OCH3 is 1. The van der Waals surface area contributed by atoms with Crippen LogP contribution in [0.3, 0.4) is 0 Å². The predicted molar refractivity (Wildman–Crippen MR) is 136 cm³/mol. The summed E-state index contributed by atoms with van der Waals surface area (Å²) >= 11 is 0. The van der Waals surface area contributed by atoms with E-state index in [0.29, 0.717) is 11.1 Å². The average molecular weight is 543 g/mol. The van der Waals surface area contributed by atoms with Crippen LogP contribution in [-0.2, 0) is 14.3 Å². The van der Waals surface area contributed by atoms with Gasteiger partial charge in [0.25, 0.3) is 5.91 Å². The van der Waals surface area contributed by atoms with Gasteiger partial charge in [0.2, 0.25) is 5.75 Å². The van der Waals surface area contributed by atoms with E-state index in [-0.39, 0.29) is 23.8 Å². The molecule has 2 atom stereocenters. The minimum absolute atomic E-state index is 0.0425. The molecule has 2 aromatic carbocycles. The molecule has 0 fully saturated rings. The summed E-state index contributed by atoms with van der Waals surface area (Å²) < 4.78 is 47.8. The van der Waals surface area contributed by atoms with Gasteiger partial charge < -0.3 is 24.3 Å². The molecule has 1 N–H and O–H groups in total. The molecule has 0 saturated heterocycles. The van der Waals surface area contributed by atoms with Crippen LogP contribution in [0.15, 0.2) is 60.8 Å². The Kier molecular flexibility index (Phi) is 9.91. The van der Waals surface area contributed by atoms with E-state index in [9.17, 15) is 23.2 Å². The van der Waals surface area contributed by atoms with E-state index < -0.39 is 47.7 Å². The molecule has 0 bridgehead atoms. The number of pyridine rings is 1.